The van der Waals surface area contributed by atoms with Gasteiger partial charge in [-0.3, -0.25) is 4.79 Å². The van der Waals surface area contributed by atoms with E-state index in [1.54, 1.807) is 0 Å². The molecule has 0 aliphatic heterocycles. The number of nitrogens with one attached hydrogen (secondary N) is 1. The predicted molar refractivity (Wildman–Crippen MR) is 60.7 cm³/mol. The topological polar surface area (TPSA) is 38.3 Å². The van der Waals surface area contributed by atoms with Gasteiger partial charge >= 0.3 is 5.97 Å². The van der Waals surface area contributed by atoms with Gasteiger partial charge in [0.15, 0.2) is 0 Å². The molecule has 1 fully saturated rings. The molecule has 0 spiro atoms. The maximum atomic E-state index is 11.0. The highest BCUT2D eigenvalue weighted by Crippen LogP contribution is 2.26. The fraction of sp³-hybridized carbons (Fsp3) is 0.917. The molecule has 1 N–H and O–H groups in total. The van der Waals surface area contributed by atoms with Crippen LogP contribution in [0.1, 0.15) is 45.4 Å². The molecule has 0 heterocycles. The van der Waals surface area contributed by atoms with Crippen LogP contribution in [0.3, 0.4) is 0 Å². The molecule has 0 aromatic carbocycles. The number of esters is 1. The van der Waals surface area contributed by atoms with Crippen LogP contribution in [0.5, 0.6) is 0 Å². The minimum absolute atomic E-state index is 0.129. The second-order valence-electron chi connectivity index (χ2n) is 4.57. The Balaban J connectivity index is 2.00. The molecule has 1 saturated carbocycles. The lowest BCUT2D eigenvalue weighted by atomic mass is 10.0. The van der Waals surface area contributed by atoms with Crippen molar-refractivity contribution < 1.29 is 9.53 Å². The Morgan fingerprint density at radius 3 is 2.73 bits per heavy atom. The molecule has 1 unspecified atom stereocenters. The third kappa shape index (κ3) is 5.17. The minimum Gasteiger partial charge on any atom is -0.469 e. The first-order valence-electron chi connectivity index (χ1n) is 6.02. The van der Waals surface area contributed by atoms with Crippen molar-refractivity contribution in [1.82, 2.24) is 5.32 Å². The monoisotopic (exact) mass is 213 g/mol. The summed E-state index contributed by atoms with van der Waals surface area (Å²) >= 11 is 0. The first-order chi connectivity index (χ1) is 7.22. The molecule has 1 atom stereocenters. The number of methoxy groups -OCH3 is 1. The lowest BCUT2D eigenvalue weighted by molar-refractivity contribution is -0.141. The Kier molecular flexibility index (Phi) is 5.69. The van der Waals surface area contributed by atoms with E-state index in [4.69, 9.17) is 0 Å². The second-order valence-corrected chi connectivity index (χ2v) is 4.57. The summed E-state index contributed by atoms with van der Waals surface area (Å²) in [6, 6.07) is 0.235. The third-order valence-electron chi connectivity index (χ3n) is 3.22. The van der Waals surface area contributed by atoms with E-state index in [1.807, 2.05) is 6.92 Å². The van der Waals surface area contributed by atoms with Crippen molar-refractivity contribution in [2.45, 2.75) is 51.5 Å². The van der Waals surface area contributed by atoms with Crippen LogP contribution in [0.4, 0.5) is 0 Å². The van der Waals surface area contributed by atoms with Crippen LogP contribution in [0.2, 0.25) is 0 Å². The molecule has 1 rings (SSSR count). The Morgan fingerprint density at radius 1 is 1.47 bits per heavy atom. The van der Waals surface area contributed by atoms with Gasteiger partial charge in [0, 0.05) is 6.04 Å². The van der Waals surface area contributed by atoms with Crippen molar-refractivity contribution in [3.8, 4) is 0 Å². The van der Waals surface area contributed by atoms with E-state index in [1.165, 1.54) is 39.2 Å². The van der Waals surface area contributed by atoms with Gasteiger partial charge in [0.05, 0.1) is 13.5 Å². The van der Waals surface area contributed by atoms with Gasteiger partial charge < -0.3 is 10.1 Å². The fourth-order valence-electron chi connectivity index (χ4n) is 2.24. The minimum atomic E-state index is -0.129. The maximum absolute atomic E-state index is 11.0. The zero-order chi connectivity index (χ0) is 11.1. The number of carbonyl (C=O) groups is 1. The molecule has 0 aromatic rings. The molecule has 0 amide bonds. The molecular formula is C12H23NO2. The van der Waals surface area contributed by atoms with Crippen molar-refractivity contribution in [2.24, 2.45) is 5.92 Å². The normalized spacial score (nSPS) is 19.1. The standard InChI is InChI=1S/C12H23NO2/c1-10(9-12(14)15-2)13-8-7-11-5-3-4-6-11/h10-11,13H,3-9H2,1-2H3. The van der Waals surface area contributed by atoms with Gasteiger partial charge in [0.1, 0.15) is 0 Å². The van der Waals surface area contributed by atoms with Crippen molar-refractivity contribution in [2.75, 3.05) is 13.7 Å². The van der Waals surface area contributed by atoms with Gasteiger partial charge in [-0.1, -0.05) is 25.7 Å². The molecule has 1 aliphatic carbocycles. The lowest BCUT2D eigenvalue weighted by Crippen LogP contribution is -2.30. The molecule has 3 heteroatoms. The molecule has 15 heavy (non-hydrogen) atoms. The summed E-state index contributed by atoms with van der Waals surface area (Å²) in [5.41, 5.74) is 0. The van der Waals surface area contributed by atoms with E-state index in [-0.39, 0.29) is 12.0 Å². The van der Waals surface area contributed by atoms with E-state index < -0.39 is 0 Å². The zero-order valence-corrected chi connectivity index (χ0v) is 9.92. The Labute approximate surface area is 92.6 Å². The summed E-state index contributed by atoms with van der Waals surface area (Å²) < 4.78 is 4.62. The van der Waals surface area contributed by atoms with Crippen LogP contribution in [0.15, 0.2) is 0 Å². The van der Waals surface area contributed by atoms with Gasteiger partial charge in [-0.25, -0.2) is 0 Å². The average molecular weight is 213 g/mol. The van der Waals surface area contributed by atoms with Crippen LogP contribution in [0, 0.1) is 5.92 Å². The molecule has 1 aliphatic rings. The SMILES string of the molecule is COC(=O)CC(C)NCCC1CCCC1. The van der Waals surface area contributed by atoms with E-state index >= 15 is 0 Å². The zero-order valence-electron chi connectivity index (χ0n) is 9.92. The molecule has 0 radical (unpaired) electrons. The van der Waals surface area contributed by atoms with Gasteiger partial charge in [0.2, 0.25) is 0 Å². The summed E-state index contributed by atoms with van der Waals surface area (Å²) in [5.74, 6) is 0.790. The Morgan fingerprint density at radius 2 is 2.13 bits per heavy atom. The van der Waals surface area contributed by atoms with Crippen LogP contribution in [0.25, 0.3) is 0 Å². The Bertz CT molecular complexity index is 188. The van der Waals surface area contributed by atoms with Crippen LogP contribution in [-0.4, -0.2) is 25.7 Å². The van der Waals surface area contributed by atoms with Crippen LogP contribution in [-0.2, 0) is 9.53 Å². The van der Waals surface area contributed by atoms with Crippen molar-refractivity contribution in [3.63, 3.8) is 0 Å². The molecule has 0 aromatic heterocycles. The highest BCUT2D eigenvalue weighted by molar-refractivity contribution is 5.69. The highest BCUT2D eigenvalue weighted by Gasteiger charge is 2.15. The summed E-state index contributed by atoms with van der Waals surface area (Å²) in [7, 11) is 1.44. The first kappa shape index (κ1) is 12.5. The average Bonchev–Trinajstić information content (AvgIpc) is 2.70. The summed E-state index contributed by atoms with van der Waals surface area (Å²) in [6.07, 6.45) is 7.33. The van der Waals surface area contributed by atoms with E-state index in [9.17, 15) is 4.79 Å². The van der Waals surface area contributed by atoms with Crippen LogP contribution < -0.4 is 5.32 Å². The number of rotatable bonds is 6. The third-order valence-corrected chi connectivity index (χ3v) is 3.22. The van der Waals surface area contributed by atoms with Crippen molar-refractivity contribution in [3.05, 3.63) is 0 Å². The van der Waals surface area contributed by atoms with E-state index in [0.717, 1.165) is 12.5 Å². The Hall–Kier alpha value is -0.570. The van der Waals surface area contributed by atoms with Crippen molar-refractivity contribution >= 4 is 5.97 Å². The molecule has 0 bridgehead atoms. The summed E-state index contributed by atoms with van der Waals surface area (Å²) in [4.78, 5) is 11.0. The second kappa shape index (κ2) is 6.83. The molecular weight excluding hydrogens is 190 g/mol. The van der Waals surface area contributed by atoms with E-state index in [0.29, 0.717) is 6.42 Å². The number of hydrogen-bond donors (Lipinski definition) is 1. The van der Waals surface area contributed by atoms with Crippen LogP contribution >= 0.6 is 0 Å². The lowest BCUT2D eigenvalue weighted by Gasteiger charge is -2.14. The smallest absolute Gasteiger partial charge is 0.307 e. The van der Waals surface area contributed by atoms with Gasteiger partial charge in [-0.2, -0.15) is 0 Å². The van der Waals surface area contributed by atoms with Gasteiger partial charge in [-0.05, 0) is 25.8 Å². The molecule has 0 saturated heterocycles. The first-order valence-corrected chi connectivity index (χ1v) is 6.02. The summed E-state index contributed by atoms with van der Waals surface area (Å²) in [5, 5.41) is 3.37. The number of ether oxygens (including phenoxy) is 1. The van der Waals surface area contributed by atoms with Gasteiger partial charge in [-0.15, -0.1) is 0 Å². The molecule has 88 valence electrons. The largest absolute Gasteiger partial charge is 0.469 e. The van der Waals surface area contributed by atoms with Crippen molar-refractivity contribution in [1.29, 1.82) is 0 Å². The highest BCUT2D eigenvalue weighted by atomic mass is 16.5. The summed E-state index contributed by atoms with van der Waals surface area (Å²) in [6.45, 7) is 3.06. The number of carbonyl (C=O) groups excluding carboxylic acids is 1. The molecule has 3 nitrogen and oxygen atoms in total. The maximum Gasteiger partial charge on any atom is 0.307 e. The van der Waals surface area contributed by atoms with Gasteiger partial charge in [0.25, 0.3) is 0 Å². The number of hydrogen-bond acceptors (Lipinski definition) is 3. The predicted octanol–water partition coefficient (Wildman–Crippen LogP) is 2.11. The van der Waals surface area contributed by atoms with E-state index in [2.05, 4.69) is 10.1 Å². The fourth-order valence-corrected chi connectivity index (χ4v) is 2.24. The quantitative estimate of drug-likeness (QED) is 0.687.